The molecule has 0 unspecified atom stereocenters. The molecule has 0 aliphatic carbocycles. The highest BCUT2D eigenvalue weighted by atomic mass is 79.9. The Morgan fingerprint density at radius 3 is 2.43 bits per heavy atom. The van der Waals surface area contributed by atoms with E-state index in [9.17, 15) is 13.2 Å². The van der Waals surface area contributed by atoms with Crippen LogP contribution in [-0.4, -0.2) is 32.8 Å². The van der Waals surface area contributed by atoms with Gasteiger partial charge >= 0.3 is 0 Å². The zero-order chi connectivity index (χ0) is 17.0. The molecule has 0 aromatic heterocycles. The SMILES string of the molecule is CCN(C)C(=O)c1cccc(NS(=O)(=O)c2ccc(Br)cc2)c1. The van der Waals surface area contributed by atoms with Crippen molar-refractivity contribution < 1.29 is 13.2 Å². The number of nitrogens with one attached hydrogen (secondary N) is 1. The van der Waals surface area contributed by atoms with Gasteiger partial charge in [0.1, 0.15) is 0 Å². The second-order valence-corrected chi connectivity index (χ2v) is 7.56. The maximum Gasteiger partial charge on any atom is 0.261 e. The number of carbonyl (C=O) groups excluding carboxylic acids is 1. The van der Waals surface area contributed by atoms with E-state index in [4.69, 9.17) is 0 Å². The van der Waals surface area contributed by atoms with E-state index in [1.54, 1.807) is 42.3 Å². The predicted molar refractivity (Wildman–Crippen MR) is 94.0 cm³/mol. The Morgan fingerprint density at radius 2 is 1.83 bits per heavy atom. The van der Waals surface area contributed by atoms with Gasteiger partial charge in [0.25, 0.3) is 15.9 Å². The molecule has 0 bridgehead atoms. The third-order valence-corrected chi connectivity index (χ3v) is 5.23. The van der Waals surface area contributed by atoms with Crippen molar-refractivity contribution in [2.75, 3.05) is 18.3 Å². The van der Waals surface area contributed by atoms with Gasteiger partial charge in [-0.05, 0) is 49.4 Å². The summed E-state index contributed by atoms with van der Waals surface area (Å²) in [6.07, 6.45) is 0. The molecule has 0 aliphatic heterocycles. The Balaban J connectivity index is 2.26. The molecule has 0 saturated carbocycles. The van der Waals surface area contributed by atoms with Gasteiger partial charge in [-0.1, -0.05) is 22.0 Å². The lowest BCUT2D eigenvalue weighted by Crippen LogP contribution is -2.26. The molecule has 2 aromatic rings. The quantitative estimate of drug-likeness (QED) is 0.842. The molecule has 0 heterocycles. The molecule has 0 fully saturated rings. The maximum absolute atomic E-state index is 12.4. The first-order valence-corrected chi connectivity index (χ1v) is 9.25. The van der Waals surface area contributed by atoms with E-state index in [1.165, 1.54) is 18.2 Å². The van der Waals surface area contributed by atoms with Gasteiger partial charge in [0, 0.05) is 29.3 Å². The van der Waals surface area contributed by atoms with Crippen molar-refractivity contribution in [2.45, 2.75) is 11.8 Å². The Morgan fingerprint density at radius 1 is 1.17 bits per heavy atom. The van der Waals surface area contributed by atoms with E-state index in [2.05, 4.69) is 20.7 Å². The fourth-order valence-electron chi connectivity index (χ4n) is 1.91. The molecule has 2 rings (SSSR count). The smallest absolute Gasteiger partial charge is 0.261 e. The van der Waals surface area contributed by atoms with Crippen LogP contribution in [-0.2, 0) is 10.0 Å². The summed E-state index contributed by atoms with van der Waals surface area (Å²) in [5.41, 5.74) is 0.786. The van der Waals surface area contributed by atoms with Gasteiger partial charge in [-0.25, -0.2) is 8.42 Å². The summed E-state index contributed by atoms with van der Waals surface area (Å²) in [4.78, 5) is 13.9. The van der Waals surface area contributed by atoms with Crippen molar-refractivity contribution in [1.82, 2.24) is 4.90 Å². The molecular formula is C16H17BrN2O3S. The Kier molecular flexibility index (Phi) is 5.43. The number of hydrogen-bond donors (Lipinski definition) is 1. The van der Waals surface area contributed by atoms with Crippen LogP contribution < -0.4 is 4.72 Å². The number of benzene rings is 2. The summed E-state index contributed by atoms with van der Waals surface area (Å²) in [6, 6.07) is 12.8. The number of anilines is 1. The standard InChI is InChI=1S/C16H17BrN2O3S/c1-3-19(2)16(20)12-5-4-6-14(11-12)18-23(21,22)15-9-7-13(17)8-10-15/h4-11,18H,3H2,1-2H3. The molecule has 7 heteroatoms. The van der Waals surface area contributed by atoms with E-state index in [0.29, 0.717) is 17.8 Å². The minimum absolute atomic E-state index is 0.155. The second-order valence-electron chi connectivity index (χ2n) is 4.96. The minimum Gasteiger partial charge on any atom is -0.342 e. The van der Waals surface area contributed by atoms with Crippen LogP contribution in [0.1, 0.15) is 17.3 Å². The van der Waals surface area contributed by atoms with Crippen molar-refractivity contribution in [3.63, 3.8) is 0 Å². The van der Waals surface area contributed by atoms with Crippen LogP contribution in [0.3, 0.4) is 0 Å². The summed E-state index contributed by atoms with van der Waals surface area (Å²) in [7, 11) is -2.00. The number of nitrogens with zero attached hydrogens (tertiary/aromatic N) is 1. The van der Waals surface area contributed by atoms with E-state index in [0.717, 1.165) is 4.47 Å². The minimum atomic E-state index is -3.69. The Bertz CT molecular complexity index is 804. The molecule has 0 atom stereocenters. The summed E-state index contributed by atoms with van der Waals surface area (Å²) in [6.45, 7) is 2.45. The third-order valence-electron chi connectivity index (χ3n) is 3.31. The van der Waals surface area contributed by atoms with Crippen LogP contribution in [0.2, 0.25) is 0 Å². The monoisotopic (exact) mass is 396 g/mol. The van der Waals surface area contributed by atoms with Crippen LogP contribution >= 0.6 is 15.9 Å². The highest BCUT2D eigenvalue weighted by Crippen LogP contribution is 2.19. The van der Waals surface area contributed by atoms with E-state index < -0.39 is 10.0 Å². The second kappa shape index (κ2) is 7.14. The van der Waals surface area contributed by atoms with Crippen LogP contribution in [0, 0.1) is 0 Å². The van der Waals surface area contributed by atoms with Gasteiger partial charge in [0.2, 0.25) is 0 Å². The first-order valence-electron chi connectivity index (χ1n) is 6.97. The van der Waals surface area contributed by atoms with Gasteiger partial charge in [0.05, 0.1) is 4.90 Å². The normalized spacial score (nSPS) is 11.1. The van der Waals surface area contributed by atoms with Gasteiger partial charge in [0.15, 0.2) is 0 Å². The van der Waals surface area contributed by atoms with Crippen molar-refractivity contribution in [3.05, 3.63) is 58.6 Å². The molecule has 1 N–H and O–H groups in total. The van der Waals surface area contributed by atoms with Crippen molar-refractivity contribution in [1.29, 1.82) is 0 Å². The molecule has 0 radical (unpaired) electrons. The van der Waals surface area contributed by atoms with Crippen LogP contribution in [0.4, 0.5) is 5.69 Å². The number of amides is 1. The summed E-state index contributed by atoms with van der Waals surface area (Å²) >= 11 is 3.27. The summed E-state index contributed by atoms with van der Waals surface area (Å²) in [5, 5.41) is 0. The van der Waals surface area contributed by atoms with Gasteiger partial charge < -0.3 is 4.90 Å². The molecule has 1 amide bonds. The number of sulfonamides is 1. The lowest BCUT2D eigenvalue weighted by Gasteiger charge is -2.15. The number of hydrogen-bond acceptors (Lipinski definition) is 3. The fraction of sp³-hybridized carbons (Fsp3) is 0.188. The van der Waals surface area contributed by atoms with Gasteiger partial charge in [-0.3, -0.25) is 9.52 Å². The van der Waals surface area contributed by atoms with E-state index in [-0.39, 0.29) is 10.8 Å². The lowest BCUT2D eigenvalue weighted by molar-refractivity contribution is 0.0802. The molecule has 0 saturated heterocycles. The number of carbonyl (C=O) groups is 1. The first-order chi connectivity index (χ1) is 10.8. The molecule has 0 spiro atoms. The average molecular weight is 397 g/mol. The highest BCUT2D eigenvalue weighted by Gasteiger charge is 2.16. The third kappa shape index (κ3) is 4.33. The topological polar surface area (TPSA) is 66.5 Å². The molecule has 5 nitrogen and oxygen atoms in total. The molecule has 2 aromatic carbocycles. The van der Waals surface area contributed by atoms with Crippen LogP contribution in [0.15, 0.2) is 57.9 Å². The van der Waals surface area contributed by atoms with Crippen LogP contribution in [0.25, 0.3) is 0 Å². The van der Waals surface area contributed by atoms with E-state index >= 15 is 0 Å². The van der Waals surface area contributed by atoms with Gasteiger partial charge in [-0.15, -0.1) is 0 Å². The first kappa shape index (κ1) is 17.5. The fourth-order valence-corrected chi connectivity index (χ4v) is 3.22. The molecular weight excluding hydrogens is 380 g/mol. The molecule has 23 heavy (non-hydrogen) atoms. The highest BCUT2D eigenvalue weighted by molar-refractivity contribution is 9.10. The number of halogens is 1. The molecule has 0 aliphatic rings. The average Bonchev–Trinajstić information content (AvgIpc) is 2.53. The van der Waals surface area contributed by atoms with Crippen molar-refractivity contribution in [3.8, 4) is 0 Å². The van der Waals surface area contributed by atoms with Crippen molar-refractivity contribution >= 4 is 37.5 Å². The van der Waals surface area contributed by atoms with Crippen LogP contribution in [0.5, 0.6) is 0 Å². The van der Waals surface area contributed by atoms with Gasteiger partial charge in [-0.2, -0.15) is 0 Å². The Labute approximate surface area is 144 Å². The van der Waals surface area contributed by atoms with Crippen molar-refractivity contribution in [2.24, 2.45) is 0 Å². The summed E-state index contributed by atoms with van der Waals surface area (Å²) < 4.78 is 28.0. The number of rotatable bonds is 5. The largest absolute Gasteiger partial charge is 0.342 e. The maximum atomic E-state index is 12.4. The summed E-state index contributed by atoms with van der Waals surface area (Å²) in [5.74, 6) is -0.155. The van der Waals surface area contributed by atoms with E-state index in [1.807, 2.05) is 6.92 Å². The predicted octanol–water partition coefficient (Wildman–Crippen LogP) is 3.34. The molecule has 122 valence electrons. The lowest BCUT2D eigenvalue weighted by atomic mass is 10.2. The zero-order valence-electron chi connectivity index (χ0n) is 12.8. The Hall–Kier alpha value is -1.86. The zero-order valence-corrected chi connectivity index (χ0v) is 15.2.